The van der Waals surface area contributed by atoms with Gasteiger partial charge in [-0.05, 0) is 43.7 Å². The van der Waals surface area contributed by atoms with Crippen LogP contribution < -0.4 is 15.4 Å². The summed E-state index contributed by atoms with van der Waals surface area (Å²) in [5, 5.41) is 6.47. The van der Waals surface area contributed by atoms with Crippen molar-refractivity contribution in [3.8, 4) is 5.75 Å². The SMILES string of the molecule is COc1cc(Cl)c(C)cc1NC(=O)[C@H](CC(C)C)NC(=O)C1CCCCC1. The second kappa shape index (κ2) is 9.98. The summed E-state index contributed by atoms with van der Waals surface area (Å²) in [6.45, 7) is 5.95. The normalized spacial score (nSPS) is 16.1. The van der Waals surface area contributed by atoms with Crippen LogP contribution in [0.4, 0.5) is 5.69 Å². The van der Waals surface area contributed by atoms with Crippen molar-refractivity contribution in [1.82, 2.24) is 5.32 Å². The van der Waals surface area contributed by atoms with Crippen LogP contribution in [0, 0.1) is 18.8 Å². The first kappa shape index (κ1) is 21.5. The predicted molar refractivity (Wildman–Crippen MR) is 109 cm³/mol. The lowest BCUT2D eigenvalue weighted by Gasteiger charge is -2.25. The van der Waals surface area contributed by atoms with Crippen molar-refractivity contribution in [1.29, 1.82) is 0 Å². The van der Waals surface area contributed by atoms with Gasteiger partial charge in [0.2, 0.25) is 11.8 Å². The highest BCUT2D eigenvalue weighted by Gasteiger charge is 2.27. The Morgan fingerprint density at radius 2 is 1.89 bits per heavy atom. The number of amides is 2. The van der Waals surface area contributed by atoms with E-state index in [0.717, 1.165) is 31.2 Å². The van der Waals surface area contributed by atoms with E-state index in [9.17, 15) is 9.59 Å². The van der Waals surface area contributed by atoms with Crippen LogP contribution in [0.15, 0.2) is 12.1 Å². The molecule has 0 heterocycles. The first-order valence-corrected chi connectivity index (χ1v) is 10.1. The summed E-state index contributed by atoms with van der Waals surface area (Å²) in [4.78, 5) is 25.6. The Balaban J connectivity index is 2.12. The number of ether oxygens (including phenoxy) is 1. The average Bonchev–Trinajstić information content (AvgIpc) is 2.64. The molecule has 2 rings (SSSR count). The fraction of sp³-hybridized carbons (Fsp3) is 0.619. The lowest BCUT2D eigenvalue weighted by Crippen LogP contribution is -2.47. The van der Waals surface area contributed by atoms with Gasteiger partial charge in [0.1, 0.15) is 11.8 Å². The van der Waals surface area contributed by atoms with Crippen molar-refractivity contribution in [2.24, 2.45) is 11.8 Å². The molecule has 1 atom stereocenters. The topological polar surface area (TPSA) is 67.4 Å². The predicted octanol–water partition coefficient (Wildman–Crippen LogP) is 4.71. The van der Waals surface area contributed by atoms with Gasteiger partial charge in [-0.15, -0.1) is 0 Å². The number of methoxy groups -OCH3 is 1. The van der Waals surface area contributed by atoms with Crippen LogP contribution >= 0.6 is 11.6 Å². The number of carbonyl (C=O) groups excluding carboxylic acids is 2. The lowest BCUT2D eigenvalue weighted by molar-refractivity contribution is -0.130. The molecule has 0 radical (unpaired) electrons. The number of halogens is 1. The standard InChI is InChI=1S/C21H31ClN2O3/c1-13(2)10-18(24-20(25)15-8-6-5-7-9-15)21(26)23-17-11-14(3)16(22)12-19(17)27-4/h11-13,15,18H,5-10H2,1-4H3,(H,23,26)(H,24,25)/t18-/m0/s1. The molecule has 6 heteroatoms. The van der Waals surface area contributed by atoms with Gasteiger partial charge in [0, 0.05) is 17.0 Å². The molecular weight excluding hydrogens is 364 g/mol. The number of aryl methyl sites for hydroxylation is 1. The Bertz CT molecular complexity index is 670. The Kier molecular flexibility index (Phi) is 7.96. The summed E-state index contributed by atoms with van der Waals surface area (Å²) >= 11 is 6.14. The van der Waals surface area contributed by atoms with Crippen molar-refractivity contribution in [2.75, 3.05) is 12.4 Å². The van der Waals surface area contributed by atoms with Crippen molar-refractivity contribution >= 4 is 29.1 Å². The molecule has 27 heavy (non-hydrogen) atoms. The Hall–Kier alpha value is -1.75. The Morgan fingerprint density at radius 3 is 2.48 bits per heavy atom. The molecule has 0 saturated heterocycles. The average molecular weight is 395 g/mol. The number of hydrogen-bond acceptors (Lipinski definition) is 3. The summed E-state index contributed by atoms with van der Waals surface area (Å²) in [6.07, 6.45) is 5.76. The quantitative estimate of drug-likeness (QED) is 0.703. The number of carbonyl (C=O) groups is 2. The summed E-state index contributed by atoms with van der Waals surface area (Å²) in [7, 11) is 1.53. The first-order valence-electron chi connectivity index (χ1n) is 9.77. The van der Waals surface area contributed by atoms with Gasteiger partial charge in [-0.3, -0.25) is 9.59 Å². The molecule has 1 aliphatic rings. The third-order valence-corrected chi connectivity index (χ3v) is 5.46. The number of rotatable bonds is 7. The zero-order chi connectivity index (χ0) is 20.0. The van der Waals surface area contributed by atoms with E-state index in [2.05, 4.69) is 10.6 Å². The molecule has 0 spiro atoms. The minimum Gasteiger partial charge on any atom is -0.495 e. The van der Waals surface area contributed by atoms with E-state index in [1.807, 2.05) is 20.8 Å². The number of anilines is 1. The highest BCUT2D eigenvalue weighted by atomic mass is 35.5. The van der Waals surface area contributed by atoms with Crippen LogP contribution in [0.3, 0.4) is 0 Å². The molecule has 1 aromatic rings. The van der Waals surface area contributed by atoms with E-state index >= 15 is 0 Å². The largest absolute Gasteiger partial charge is 0.495 e. The highest BCUT2D eigenvalue weighted by molar-refractivity contribution is 6.31. The molecule has 1 aromatic carbocycles. The smallest absolute Gasteiger partial charge is 0.247 e. The minimum absolute atomic E-state index is 0.00486. The van der Waals surface area contributed by atoms with Crippen LogP contribution in [0.2, 0.25) is 5.02 Å². The molecule has 2 N–H and O–H groups in total. The monoisotopic (exact) mass is 394 g/mol. The van der Waals surface area contributed by atoms with Crippen LogP contribution in [0.1, 0.15) is 57.9 Å². The van der Waals surface area contributed by atoms with Gasteiger partial charge in [0.05, 0.1) is 12.8 Å². The maximum absolute atomic E-state index is 12.9. The Labute approximate surface area is 167 Å². The highest BCUT2D eigenvalue weighted by Crippen LogP contribution is 2.31. The van der Waals surface area contributed by atoms with E-state index in [0.29, 0.717) is 22.9 Å². The first-order chi connectivity index (χ1) is 12.8. The lowest BCUT2D eigenvalue weighted by atomic mass is 9.88. The van der Waals surface area contributed by atoms with Crippen LogP contribution in [0.5, 0.6) is 5.75 Å². The zero-order valence-corrected chi connectivity index (χ0v) is 17.5. The summed E-state index contributed by atoms with van der Waals surface area (Å²) in [5.74, 6) is 0.568. The van der Waals surface area contributed by atoms with E-state index in [1.54, 1.807) is 12.1 Å². The van der Waals surface area contributed by atoms with Gasteiger partial charge in [0.15, 0.2) is 0 Å². The van der Waals surface area contributed by atoms with Crippen molar-refractivity contribution < 1.29 is 14.3 Å². The molecular formula is C21H31ClN2O3. The maximum Gasteiger partial charge on any atom is 0.247 e. The second-order valence-electron chi connectivity index (χ2n) is 7.82. The van der Waals surface area contributed by atoms with Gasteiger partial charge in [-0.2, -0.15) is 0 Å². The number of nitrogens with one attached hydrogen (secondary N) is 2. The fourth-order valence-corrected chi connectivity index (χ4v) is 3.66. The molecule has 1 fully saturated rings. The van der Waals surface area contributed by atoms with Gasteiger partial charge < -0.3 is 15.4 Å². The molecule has 0 unspecified atom stereocenters. The van der Waals surface area contributed by atoms with Gasteiger partial charge in [0.25, 0.3) is 0 Å². The van der Waals surface area contributed by atoms with Gasteiger partial charge in [-0.25, -0.2) is 0 Å². The molecule has 5 nitrogen and oxygen atoms in total. The third-order valence-electron chi connectivity index (χ3n) is 5.05. The summed E-state index contributed by atoms with van der Waals surface area (Å²) in [5.41, 5.74) is 1.41. The van der Waals surface area contributed by atoms with Crippen LogP contribution in [-0.2, 0) is 9.59 Å². The van der Waals surface area contributed by atoms with Crippen molar-refractivity contribution in [3.05, 3.63) is 22.7 Å². The van der Waals surface area contributed by atoms with Gasteiger partial charge in [-0.1, -0.05) is 44.7 Å². The maximum atomic E-state index is 12.9. The number of hydrogen-bond donors (Lipinski definition) is 2. The van der Waals surface area contributed by atoms with Crippen molar-refractivity contribution in [2.45, 2.75) is 65.3 Å². The molecule has 0 aromatic heterocycles. The van der Waals surface area contributed by atoms with Crippen LogP contribution in [-0.4, -0.2) is 25.0 Å². The zero-order valence-electron chi connectivity index (χ0n) is 16.7. The van der Waals surface area contributed by atoms with E-state index in [4.69, 9.17) is 16.3 Å². The minimum atomic E-state index is -0.569. The van der Waals surface area contributed by atoms with E-state index < -0.39 is 6.04 Å². The second-order valence-corrected chi connectivity index (χ2v) is 8.22. The molecule has 1 aliphatic carbocycles. The third kappa shape index (κ3) is 6.13. The van der Waals surface area contributed by atoms with Crippen molar-refractivity contribution in [3.63, 3.8) is 0 Å². The molecule has 1 saturated carbocycles. The fourth-order valence-electron chi connectivity index (χ4n) is 3.51. The molecule has 2 amide bonds. The molecule has 0 aliphatic heterocycles. The molecule has 0 bridgehead atoms. The van der Waals surface area contributed by atoms with E-state index in [-0.39, 0.29) is 23.7 Å². The Morgan fingerprint density at radius 1 is 1.22 bits per heavy atom. The summed E-state index contributed by atoms with van der Waals surface area (Å²) in [6, 6.07) is 2.90. The summed E-state index contributed by atoms with van der Waals surface area (Å²) < 4.78 is 5.33. The van der Waals surface area contributed by atoms with E-state index in [1.165, 1.54) is 13.5 Å². The van der Waals surface area contributed by atoms with Crippen LogP contribution in [0.25, 0.3) is 0 Å². The number of benzene rings is 1. The molecule has 150 valence electrons. The van der Waals surface area contributed by atoms with Gasteiger partial charge >= 0.3 is 0 Å².